The second-order valence-corrected chi connectivity index (χ2v) is 0. The van der Waals surface area contributed by atoms with Crippen molar-refractivity contribution >= 4 is 40.4 Å². The van der Waals surface area contributed by atoms with E-state index in [1.807, 2.05) is 0 Å². The van der Waals surface area contributed by atoms with Crippen LogP contribution in [0.4, 0.5) is 0 Å². The summed E-state index contributed by atoms with van der Waals surface area (Å²) in [5, 5.41) is 0. The van der Waals surface area contributed by atoms with Gasteiger partial charge in [-0.1, -0.05) is 0 Å². The Morgan fingerprint density at radius 2 is 1.00 bits per heavy atom. The summed E-state index contributed by atoms with van der Waals surface area (Å²) < 4.78 is 0. The fourth-order valence-electron chi connectivity index (χ4n) is 0. The van der Waals surface area contributed by atoms with Crippen LogP contribution in [0.15, 0.2) is 0 Å². The maximum Gasteiger partial charge on any atom is 0.316 e. The molecule has 37 valence electrons. The minimum absolute atomic E-state index is 0. The zero-order valence-corrected chi connectivity index (χ0v) is 4.14. The van der Waals surface area contributed by atoms with Crippen molar-refractivity contribution in [2.45, 2.75) is 0 Å². The Balaban J connectivity index is 0. The van der Waals surface area contributed by atoms with Gasteiger partial charge >= 0.3 is 23.1 Å². The molecular weight excluding hydrogens is 225 g/mol. The van der Waals surface area contributed by atoms with Crippen LogP contribution in [0.2, 0.25) is 0 Å². The first-order valence-corrected chi connectivity index (χ1v) is 0. The molecule has 0 bridgehead atoms. The van der Waals surface area contributed by atoms with Crippen LogP contribution in [0.1, 0.15) is 0 Å². The van der Waals surface area contributed by atoms with Crippen molar-refractivity contribution in [2.24, 2.45) is 0 Å². The number of hydrogen-bond donors (Lipinski definition) is 0. The molecule has 0 heterocycles. The summed E-state index contributed by atoms with van der Waals surface area (Å²) in [5.41, 5.74) is 0. The molecule has 0 saturated heterocycles. The molecule has 5 heteroatoms. The van der Waals surface area contributed by atoms with Gasteiger partial charge in [-0.3, -0.25) is 0 Å². The average molecular weight is 230 g/mol. The van der Waals surface area contributed by atoms with E-state index in [2.05, 4.69) is 0 Å². The van der Waals surface area contributed by atoms with Crippen molar-refractivity contribution in [3.63, 3.8) is 0 Å². The summed E-state index contributed by atoms with van der Waals surface area (Å²) in [6.07, 6.45) is 0. The SMILES string of the molecule is [AlH3].[Co].[Fe].[MgH2].[Ni]. The molecule has 0 aromatic rings. The molecule has 0 fully saturated rings. The smallest absolute Gasteiger partial charge is 0 e. The van der Waals surface area contributed by atoms with E-state index in [1.54, 1.807) is 0 Å². The van der Waals surface area contributed by atoms with Gasteiger partial charge < -0.3 is 0 Å². The molecule has 0 N–H and O–H groups in total. The second kappa shape index (κ2) is 29.1. The Morgan fingerprint density at radius 3 is 1.00 bits per heavy atom. The van der Waals surface area contributed by atoms with E-state index >= 15 is 0 Å². The molecule has 0 amide bonds. The zero-order chi connectivity index (χ0) is 0. The number of rotatable bonds is 0. The van der Waals surface area contributed by atoms with E-state index in [4.69, 9.17) is 0 Å². The van der Waals surface area contributed by atoms with Gasteiger partial charge in [-0.15, -0.1) is 0 Å². The summed E-state index contributed by atoms with van der Waals surface area (Å²) in [7, 11) is 0. The predicted molar refractivity (Wildman–Crippen MR) is 18.5 cm³/mol. The molecule has 0 spiro atoms. The van der Waals surface area contributed by atoms with Crippen LogP contribution in [0.5, 0.6) is 0 Å². The maximum atomic E-state index is 0. The van der Waals surface area contributed by atoms with Gasteiger partial charge in [-0.05, 0) is 0 Å². The molecule has 5 heavy (non-hydrogen) atoms. The first-order chi connectivity index (χ1) is 0. The van der Waals surface area contributed by atoms with Crippen LogP contribution in [0, 0.1) is 0 Å². The molecule has 0 aliphatic heterocycles. The Hall–Kier alpha value is 2.82. The molecule has 1 radical (unpaired) electrons. The van der Waals surface area contributed by atoms with Gasteiger partial charge in [0.05, 0.1) is 0 Å². The number of hydrogen-bond acceptors (Lipinski definition) is 0. The van der Waals surface area contributed by atoms with E-state index in [-0.39, 0.29) is 90.8 Å². The summed E-state index contributed by atoms with van der Waals surface area (Å²) >= 11 is 0. The Bertz CT molecular complexity index is 11.6. The topological polar surface area (TPSA) is 0 Å². The minimum atomic E-state index is 0. The Kier molecular flexibility index (Phi) is 266. The summed E-state index contributed by atoms with van der Waals surface area (Å²) in [6, 6.07) is 0. The van der Waals surface area contributed by atoms with Crippen LogP contribution in [-0.2, 0) is 50.3 Å². The van der Waals surface area contributed by atoms with E-state index in [0.717, 1.165) is 0 Å². The third-order valence-corrected chi connectivity index (χ3v) is 0. The summed E-state index contributed by atoms with van der Waals surface area (Å²) in [5.74, 6) is 0. The standard InChI is InChI=1S/Al.Co.Fe.Mg.Ni.5H. The van der Waals surface area contributed by atoms with Gasteiger partial charge in [0.2, 0.25) is 0 Å². The quantitative estimate of drug-likeness (QED) is 0.418. The van der Waals surface area contributed by atoms with Crippen molar-refractivity contribution in [3.05, 3.63) is 0 Å². The predicted octanol–water partition coefficient (Wildman–Crippen LogP) is -2.11. The van der Waals surface area contributed by atoms with Gasteiger partial charge in [0.15, 0.2) is 17.4 Å². The van der Waals surface area contributed by atoms with Gasteiger partial charge in [0.25, 0.3) is 0 Å². The monoisotopic (exact) mass is 229 g/mol. The fraction of sp³-hybridized carbons (Fsp3) is 0. The molecule has 0 aliphatic rings. The molecule has 0 aliphatic carbocycles. The molecular formula is H5AlCoFeMgNi. The maximum absolute atomic E-state index is 0. The van der Waals surface area contributed by atoms with E-state index in [1.165, 1.54) is 0 Å². The minimum Gasteiger partial charge on any atom is 0 e. The van der Waals surface area contributed by atoms with Crippen LogP contribution in [0.25, 0.3) is 0 Å². The van der Waals surface area contributed by atoms with Crippen LogP contribution >= 0.6 is 0 Å². The first-order valence-electron chi connectivity index (χ1n) is 0. The molecule has 0 nitrogen and oxygen atoms in total. The van der Waals surface area contributed by atoms with E-state index < -0.39 is 0 Å². The van der Waals surface area contributed by atoms with Crippen molar-refractivity contribution in [1.82, 2.24) is 0 Å². The van der Waals surface area contributed by atoms with Crippen molar-refractivity contribution in [1.29, 1.82) is 0 Å². The first kappa shape index (κ1) is 45.8. The summed E-state index contributed by atoms with van der Waals surface area (Å²) in [4.78, 5) is 0. The molecule has 0 saturated carbocycles. The molecule has 0 aromatic heterocycles. The average Bonchev–Trinajstić information content (AvgIpc) is 0. The largest absolute Gasteiger partial charge is 0.316 e. The fourth-order valence-corrected chi connectivity index (χ4v) is 0. The van der Waals surface area contributed by atoms with Crippen LogP contribution in [-0.4, -0.2) is 40.4 Å². The van der Waals surface area contributed by atoms with Gasteiger partial charge in [-0.25, -0.2) is 0 Å². The van der Waals surface area contributed by atoms with Gasteiger partial charge in [0.1, 0.15) is 0 Å². The van der Waals surface area contributed by atoms with Crippen molar-refractivity contribution in [2.75, 3.05) is 0 Å². The van der Waals surface area contributed by atoms with Gasteiger partial charge in [0, 0.05) is 50.3 Å². The van der Waals surface area contributed by atoms with Crippen molar-refractivity contribution < 1.29 is 50.3 Å². The molecule has 0 rings (SSSR count). The molecule has 0 aromatic carbocycles. The van der Waals surface area contributed by atoms with Gasteiger partial charge in [-0.2, -0.15) is 0 Å². The van der Waals surface area contributed by atoms with Crippen molar-refractivity contribution in [3.8, 4) is 0 Å². The van der Waals surface area contributed by atoms with E-state index in [9.17, 15) is 0 Å². The van der Waals surface area contributed by atoms with E-state index in [0.29, 0.717) is 0 Å². The van der Waals surface area contributed by atoms with Crippen LogP contribution < -0.4 is 0 Å². The normalized spacial score (nSPS) is 0. The molecule has 0 unspecified atom stereocenters. The second-order valence-electron chi connectivity index (χ2n) is 0. The molecule has 0 atom stereocenters. The van der Waals surface area contributed by atoms with Crippen LogP contribution in [0.3, 0.4) is 0 Å². The third kappa shape index (κ3) is 19.9. The zero-order valence-electron chi connectivity index (χ0n) is 1.00. The Labute approximate surface area is 89.5 Å². The Morgan fingerprint density at radius 1 is 1.00 bits per heavy atom. The summed E-state index contributed by atoms with van der Waals surface area (Å²) in [6.45, 7) is 0. The third-order valence-electron chi connectivity index (χ3n) is 0.